The number of benzene rings is 1. The third-order valence-corrected chi connectivity index (χ3v) is 5.03. The molecule has 24 heavy (non-hydrogen) atoms. The topological polar surface area (TPSA) is 54.9 Å². The minimum absolute atomic E-state index is 0.118. The molecule has 0 fully saturated rings. The highest BCUT2D eigenvalue weighted by molar-refractivity contribution is 7.15. The average molecular weight is 358 g/mol. The van der Waals surface area contributed by atoms with Crippen LogP contribution >= 0.6 is 22.9 Å². The van der Waals surface area contributed by atoms with Gasteiger partial charge < -0.3 is 5.32 Å². The summed E-state index contributed by atoms with van der Waals surface area (Å²) in [4.78, 5) is 22.0. The highest BCUT2D eigenvalue weighted by Crippen LogP contribution is 2.27. The van der Waals surface area contributed by atoms with Crippen molar-refractivity contribution >= 4 is 28.8 Å². The molecule has 0 saturated carbocycles. The van der Waals surface area contributed by atoms with Crippen molar-refractivity contribution in [2.24, 2.45) is 0 Å². The molecule has 1 amide bonds. The van der Waals surface area contributed by atoms with Gasteiger partial charge in [-0.1, -0.05) is 17.7 Å². The SMILES string of the molecule is Cc1nc(-c2cccnc2)sc1CCNC(=O)c1cccc(Cl)c1. The third kappa shape index (κ3) is 3.99. The van der Waals surface area contributed by atoms with Crippen LogP contribution in [0.25, 0.3) is 10.6 Å². The van der Waals surface area contributed by atoms with E-state index in [1.54, 1.807) is 41.8 Å². The van der Waals surface area contributed by atoms with Gasteiger partial charge in [-0.05, 0) is 37.3 Å². The molecule has 1 N–H and O–H groups in total. The van der Waals surface area contributed by atoms with Crippen molar-refractivity contribution in [1.29, 1.82) is 0 Å². The lowest BCUT2D eigenvalue weighted by Gasteiger charge is -2.05. The zero-order chi connectivity index (χ0) is 16.9. The summed E-state index contributed by atoms with van der Waals surface area (Å²) in [6.07, 6.45) is 4.30. The molecule has 0 radical (unpaired) electrons. The lowest BCUT2D eigenvalue weighted by molar-refractivity contribution is 0.0954. The Morgan fingerprint density at radius 1 is 1.29 bits per heavy atom. The van der Waals surface area contributed by atoms with E-state index in [1.807, 2.05) is 25.3 Å². The minimum Gasteiger partial charge on any atom is -0.352 e. The molecule has 0 bridgehead atoms. The number of hydrogen-bond donors (Lipinski definition) is 1. The number of amides is 1. The Morgan fingerprint density at radius 3 is 2.92 bits per heavy atom. The second kappa shape index (κ2) is 7.55. The second-order valence-electron chi connectivity index (χ2n) is 5.29. The van der Waals surface area contributed by atoms with Crippen molar-refractivity contribution in [3.05, 3.63) is 69.9 Å². The Labute approximate surface area is 149 Å². The van der Waals surface area contributed by atoms with Gasteiger partial charge in [0.1, 0.15) is 5.01 Å². The Balaban J connectivity index is 1.61. The molecule has 6 heteroatoms. The smallest absolute Gasteiger partial charge is 0.251 e. The van der Waals surface area contributed by atoms with E-state index in [9.17, 15) is 4.79 Å². The van der Waals surface area contributed by atoms with Gasteiger partial charge in [-0.2, -0.15) is 0 Å². The molecule has 4 nitrogen and oxygen atoms in total. The molecule has 0 aliphatic rings. The summed E-state index contributed by atoms with van der Waals surface area (Å²) in [5, 5.41) is 4.43. The standard InChI is InChI=1S/C18H16ClN3OS/c1-12-16(24-18(22-12)14-5-3-8-20-11-14)7-9-21-17(23)13-4-2-6-15(19)10-13/h2-6,8,10-11H,7,9H2,1H3,(H,21,23). The molecular weight excluding hydrogens is 342 g/mol. The van der Waals surface area contributed by atoms with E-state index in [1.165, 1.54) is 4.88 Å². The normalized spacial score (nSPS) is 10.6. The van der Waals surface area contributed by atoms with Crippen molar-refractivity contribution in [1.82, 2.24) is 15.3 Å². The van der Waals surface area contributed by atoms with Crippen LogP contribution in [-0.4, -0.2) is 22.4 Å². The van der Waals surface area contributed by atoms with Gasteiger partial charge in [-0.25, -0.2) is 4.98 Å². The zero-order valence-electron chi connectivity index (χ0n) is 13.1. The summed E-state index contributed by atoms with van der Waals surface area (Å²) < 4.78 is 0. The fourth-order valence-electron chi connectivity index (χ4n) is 2.29. The molecule has 0 unspecified atom stereocenters. The number of carbonyl (C=O) groups excluding carboxylic acids is 1. The third-order valence-electron chi connectivity index (χ3n) is 3.53. The number of aryl methyl sites for hydroxylation is 1. The molecule has 0 atom stereocenters. The summed E-state index contributed by atoms with van der Waals surface area (Å²) >= 11 is 7.55. The van der Waals surface area contributed by atoms with Gasteiger partial charge in [-0.3, -0.25) is 9.78 Å². The van der Waals surface area contributed by atoms with Crippen LogP contribution in [0.1, 0.15) is 20.9 Å². The average Bonchev–Trinajstić information content (AvgIpc) is 2.96. The van der Waals surface area contributed by atoms with Crippen LogP contribution in [0.15, 0.2) is 48.8 Å². The van der Waals surface area contributed by atoms with Crippen LogP contribution in [0.5, 0.6) is 0 Å². The number of rotatable bonds is 5. The van der Waals surface area contributed by atoms with Crippen molar-refractivity contribution in [3.8, 4) is 10.6 Å². The van der Waals surface area contributed by atoms with Crippen LogP contribution in [0, 0.1) is 6.92 Å². The van der Waals surface area contributed by atoms with Crippen molar-refractivity contribution in [2.45, 2.75) is 13.3 Å². The van der Waals surface area contributed by atoms with E-state index < -0.39 is 0 Å². The van der Waals surface area contributed by atoms with Gasteiger partial charge in [0, 0.05) is 46.4 Å². The van der Waals surface area contributed by atoms with Gasteiger partial charge >= 0.3 is 0 Å². The first-order valence-corrected chi connectivity index (χ1v) is 8.73. The van der Waals surface area contributed by atoms with E-state index in [4.69, 9.17) is 11.6 Å². The van der Waals surface area contributed by atoms with Gasteiger partial charge in [-0.15, -0.1) is 11.3 Å². The number of pyridine rings is 1. The highest BCUT2D eigenvalue weighted by Gasteiger charge is 2.10. The van der Waals surface area contributed by atoms with Crippen molar-refractivity contribution < 1.29 is 4.79 Å². The first-order chi connectivity index (χ1) is 11.6. The van der Waals surface area contributed by atoms with E-state index in [-0.39, 0.29) is 5.91 Å². The molecule has 0 aliphatic carbocycles. The number of hydrogen-bond acceptors (Lipinski definition) is 4. The quantitative estimate of drug-likeness (QED) is 0.746. The maximum absolute atomic E-state index is 12.1. The maximum atomic E-state index is 12.1. The van der Waals surface area contributed by atoms with Gasteiger partial charge in [0.25, 0.3) is 5.91 Å². The predicted molar refractivity (Wildman–Crippen MR) is 97.6 cm³/mol. The van der Waals surface area contributed by atoms with E-state index in [0.717, 1.165) is 22.7 Å². The molecule has 3 rings (SSSR count). The Morgan fingerprint density at radius 2 is 2.17 bits per heavy atom. The first-order valence-electron chi connectivity index (χ1n) is 7.54. The highest BCUT2D eigenvalue weighted by atomic mass is 35.5. The molecule has 122 valence electrons. The first kappa shape index (κ1) is 16.6. The molecule has 1 aromatic carbocycles. The second-order valence-corrected chi connectivity index (χ2v) is 6.81. The predicted octanol–water partition coefficient (Wildman–Crippen LogP) is 4.14. The zero-order valence-corrected chi connectivity index (χ0v) is 14.7. The number of carbonyl (C=O) groups is 1. The van der Waals surface area contributed by atoms with Gasteiger partial charge in [0.2, 0.25) is 0 Å². The molecule has 2 heterocycles. The fourth-order valence-corrected chi connectivity index (χ4v) is 3.54. The monoisotopic (exact) mass is 357 g/mol. The minimum atomic E-state index is -0.118. The van der Waals surface area contributed by atoms with E-state index in [0.29, 0.717) is 17.1 Å². The fraction of sp³-hybridized carbons (Fsp3) is 0.167. The molecule has 0 spiro atoms. The summed E-state index contributed by atoms with van der Waals surface area (Å²) in [6.45, 7) is 2.55. The van der Waals surface area contributed by atoms with Crippen LogP contribution in [0.3, 0.4) is 0 Å². The Bertz CT molecular complexity index is 848. The molecular formula is C18H16ClN3OS. The molecule has 3 aromatic rings. The van der Waals surface area contributed by atoms with Gasteiger partial charge in [0.15, 0.2) is 0 Å². The number of aromatic nitrogens is 2. The maximum Gasteiger partial charge on any atom is 0.251 e. The Kier molecular flexibility index (Phi) is 5.23. The van der Waals surface area contributed by atoms with Gasteiger partial charge in [0.05, 0.1) is 5.69 Å². The molecule has 2 aromatic heterocycles. The van der Waals surface area contributed by atoms with E-state index in [2.05, 4.69) is 15.3 Å². The van der Waals surface area contributed by atoms with Crippen LogP contribution in [0.4, 0.5) is 0 Å². The van der Waals surface area contributed by atoms with Crippen LogP contribution in [-0.2, 0) is 6.42 Å². The summed E-state index contributed by atoms with van der Waals surface area (Å²) in [7, 11) is 0. The van der Waals surface area contributed by atoms with Crippen LogP contribution in [0.2, 0.25) is 5.02 Å². The number of nitrogens with one attached hydrogen (secondary N) is 1. The molecule has 0 aliphatic heterocycles. The number of nitrogens with zero attached hydrogens (tertiary/aromatic N) is 2. The lowest BCUT2D eigenvalue weighted by Crippen LogP contribution is -2.25. The van der Waals surface area contributed by atoms with Crippen molar-refractivity contribution in [2.75, 3.05) is 6.54 Å². The number of halogens is 1. The van der Waals surface area contributed by atoms with E-state index >= 15 is 0 Å². The summed E-state index contributed by atoms with van der Waals surface area (Å²) in [6, 6.07) is 10.8. The summed E-state index contributed by atoms with van der Waals surface area (Å²) in [5.41, 5.74) is 2.58. The Hall–Kier alpha value is -2.24. The number of thiazole rings is 1. The largest absolute Gasteiger partial charge is 0.352 e. The van der Waals surface area contributed by atoms with Crippen LogP contribution < -0.4 is 5.32 Å². The summed E-state index contributed by atoms with van der Waals surface area (Å²) in [5.74, 6) is -0.118. The molecule has 0 saturated heterocycles. The lowest BCUT2D eigenvalue weighted by atomic mass is 10.2. The van der Waals surface area contributed by atoms with Crippen molar-refractivity contribution in [3.63, 3.8) is 0 Å².